The molecule has 2 fully saturated rings. The molecule has 3 aromatic rings. The van der Waals surface area contributed by atoms with Gasteiger partial charge in [0, 0.05) is 28.5 Å². The summed E-state index contributed by atoms with van der Waals surface area (Å²) in [5.74, 6) is 0.557. The smallest absolute Gasteiger partial charge is 0.127 e. The normalized spacial score (nSPS) is 17.2. The molecule has 0 radical (unpaired) electrons. The average Bonchev–Trinajstić information content (AvgIpc) is 3.65. The predicted molar refractivity (Wildman–Crippen MR) is 110 cm³/mol. The molecule has 2 aliphatic rings. The summed E-state index contributed by atoms with van der Waals surface area (Å²) in [6.07, 6.45) is 8.08. The Morgan fingerprint density at radius 3 is 2.66 bits per heavy atom. The number of rotatable bonds is 7. The third kappa shape index (κ3) is 3.87. The van der Waals surface area contributed by atoms with E-state index in [2.05, 4.69) is 11.1 Å². The SMILES string of the molecule is Fc1ccc(COC2(c3cnccc3-c3ccccc3OC3CC3)CC2)c(Cl)c1. The summed E-state index contributed by atoms with van der Waals surface area (Å²) in [5, 5.41) is 0.385. The van der Waals surface area contributed by atoms with E-state index in [4.69, 9.17) is 21.1 Å². The molecule has 3 nitrogen and oxygen atoms in total. The Morgan fingerprint density at radius 2 is 1.90 bits per heavy atom. The van der Waals surface area contributed by atoms with E-state index < -0.39 is 5.60 Å². The average molecular weight is 410 g/mol. The molecule has 0 unspecified atom stereocenters. The Hall–Kier alpha value is -2.43. The molecule has 5 rings (SSSR count). The minimum atomic E-state index is -0.395. The second kappa shape index (κ2) is 7.43. The number of para-hydroxylation sites is 1. The number of benzene rings is 2. The van der Waals surface area contributed by atoms with Gasteiger partial charge in [-0.3, -0.25) is 4.98 Å². The van der Waals surface area contributed by atoms with Crippen molar-refractivity contribution >= 4 is 11.6 Å². The fourth-order valence-electron chi connectivity index (χ4n) is 3.61. The molecule has 1 heterocycles. The Balaban J connectivity index is 1.45. The highest BCUT2D eigenvalue weighted by atomic mass is 35.5. The van der Waals surface area contributed by atoms with Gasteiger partial charge in [-0.25, -0.2) is 4.39 Å². The van der Waals surface area contributed by atoms with E-state index in [-0.39, 0.29) is 5.82 Å². The molecule has 1 aromatic heterocycles. The third-order valence-corrected chi connectivity index (χ3v) is 5.88. The van der Waals surface area contributed by atoms with Crippen molar-refractivity contribution in [2.45, 2.75) is 44.0 Å². The van der Waals surface area contributed by atoms with Gasteiger partial charge in [0.15, 0.2) is 0 Å². The van der Waals surface area contributed by atoms with Crippen molar-refractivity contribution in [3.63, 3.8) is 0 Å². The summed E-state index contributed by atoms with van der Waals surface area (Å²) in [4.78, 5) is 4.37. The monoisotopic (exact) mass is 409 g/mol. The van der Waals surface area contributed by atoms with Gasteiger partial charge in [0.2, 0.25) is 0 Å². The summed E-state index contributed by atoms with van der Waals surface area (Å²) < 4.78 is 25.8. The highest BCUT2D eigenvalue weighted by Gasteiger charge is 2.47. The molecule has 2 saturated carbocycles. The van der Waals surface area contributed by atoms with Crippen molar-refractivity contribution in [1.29, 1.82) is 0 Å². The largest absolute Gasteiger partial charge is 0.490 e. The number of nitrogens with zero attached hydrogens (tertiary/aromatic N) is 1. The van der Waals surface area contributed by atoms with Crippen LogP contribution in [-0.4, -0.2) is 11.1 Å². The fourth-order valence-corrected chi connectivity index (χ4v) is 3.83. The Labute approximate surface area is 174 Å². The number of pyridine rings is 1. The lowest BCUT2D eigenvalue weighted by molar-refractivity contribution is 0.0173. The molecule has 5 heteroatoms. The van der Waals surface area contributed by atoms with E-state index in [1.807, 2.05) is 30.5 Å². The van der Waals surface area contributed by atoms with Crippen molar-refractivity contribution in [3.05, 3.63) is 82.9 Å². The van der Waals surface area contributed by atoms with Gasteiger partial charge >= 0.3 is 0 Å². The van der Waals surface area contributed by atoms with Crippen LogP contribution in [0.1, 0.15) is 36.8 Å². The number of hydrogen-bond acceptors (Lipinski definition) is 3. The third-order valence-electron chi connectivity index (χ3n) is 5.53. The van der Waals surface area contributed by atoms with Crippen LogP contribution >= 0.6 is 11.6 Å². The molecule has 0 amide bonds. The first-order valence-corrected chi connectivity index (χ1v) is 10.3. The van der Waals surface area contributed by atoms with Crippen LogP contribution < -0.4 is 4.74 Å². The van der Waals surface area contributed by atoms with Crippen molar-refractivity contribution in [3.8, 4) is 16.9 Å². The maximum atomic E-state index is 13.3. The number of halogens is 2. The molecule has 0 aliphatic heterocycles. The van der Waals surface area contributed by atoms with E-state index >= 15 is 0 Å². The number of ether oxygens (including phenoxy) is 2. The van der Waals surface area contributed by atoms with Crippen LogP contribution in [-0.2, 0) is 16.9 Å². The minimum absolute atomic E-state index is 0.327. The Bertz CT molecular complexity index is 1050. The first kappa shape index (κ1) is 18.6. The van der Waals surface area contributed by atoms with E-state index in [1.165, 1.54) is 12.1 Å². The molecular weight excluding hydrogens is 389 g/mol. The van der Waals surface area contributed by atoms with Gasteiger partial charge in [0.25, 0.3) is 0 Å². The molecule has 148 valence electrons. The standard InChI is InChI=1S/C24H21ClFNO2/c25-22-13-17(26)6-5-16(22)15-28-24(10-11-24)21-14-27-12-9-19(21)20-3-1-2-4-23(20)29-18-7-8-18/h1-6,9,12-14,18H,7-8,10-11,15H2. The molecule has 0 atom stereocenters. The maximum absolute atomic E-state index is 13.3. The quantitative estimate of drug-likeness (QED) is 0.459. The topological polar surface area (TPSA) is 31.4 Å². The summed E-state index contributed by atoms with van der Waals surface area (Å²) in [6.45, 7) is 0.327. The second-order valence-electron chi connectivity index (χ2n) is 7.75. The zero-order chi connectivity index (χ0) is 19.8. The Kier molecular flexibility index (Phi) is 4.76. The summed E-state index contributed by atoms with van der Waals surface area (Å²) in [6, 6.07) is 14.6. The van der Waals surface area contributed by atoms with E-state index in [1.54, 1.807) is 12.3 Å². The van der Waals surface area contributed by atoms with Crippen molar-refractivity contribution in [2.24, 2.45) is 0 Å². The molecule has 2 aliphatic carbocycles. The lowest BCUT2D eigenvalue weighted by Gasteiger charge is -2.22. The van der Waals surface area contributed by atoms with Gasteiger partial charge < -0.3 is 9.47 Å². The summed E-state index contributed by atoms with van der Waals surface area (Å²) in [5.41, 5.74) is 3.59. The Morgan fingerprint density at radius 1 is 1.07 bits per heavy atom. The lowest BCUT2D eigenvalue weighted by Crippen LogP contribution is -2.14. The zero-order valence-electron chi connectivity index (χ0n) is 15.9. The molecule has 0 spiro atoms. The molecule has 0 N–H and O–H groups in total. The van der Waals surface area contributed by atoms with E-state index in [9.17, 15) is 4.39 Å². The van der Waals surface area contributed by atoms with E-state index in [0.29, 0.717) is 17.7 Å². The van der Waals surface area contributed by atoms with Gasteiger partial charge in [0.05, 0.1) is 18.3 Å². The first-order chi connectivity index (χ1) is 14.1. The maximum Gasteiger partial charge on any atom is 0.127 e. The first-order valence-electron chi connectivity index (χ1n) is 9.93. The van der Waals surface area contributed by atoms with Crippen molar-refractivity contribution in [1.82, 2.24) is 4.98 Å². The molecule has 0 bridgehead atoms. The van der Waals surface area contributed by atoms with Crippen LogP contribution in [0.4, 0.5) is 4.39 Å². The molecular formula is C24H21ClFNO2. The van der Waals surface area contributed by atoms with Crippen molar-refractivity contribution < 1.29 is 13.9 Å². The minimum Gasteiger partial charge on any atom is -0.490 e. The summed E-state index contributed by atoms with van der Waals surface area (Å²) in [7, 11) is 0. The number of hydrogen-bond donors (Lipinski definition) is 0. The molecule has 29 heavy (non-hydrogen) atoms. The predicted octanol–water partition coefficient (Wildman–Crippen LogP) is 6.29. The van der Waals surface area contributed by atoms with Crippen LogP contribution in [0.15, 0.2) is 60.9 Å². The second-order valence-corrected chi connectivity index (χ2v) is 8.16. The van der Waals surface area contributed by atoms with Gasteiger partial charge in [-0.1, -0.05) is 35.9 Å². The van der Waals surface area contributed by atoms with Crippen LogP contribution in [0.25, 0.3) is 11.1 Å². The van der Waals surface area contributed by atoms with Gasteiger partial charge in [-0.15, -0.1) is 0 Å². The van der Waals surface area contributed by atoms with E-state index in [0.717, 1.165) is 53.7 Å². The zero-order valence-corrected chi connectivity index (χ0v) is 16.7. The van der Waals surface area contributed by atoms with Crippen LogP contribution in [0.2, 0.25) is 5.02 Å². The highest BCUT2D eigenvalue weighted by molar-refractivity contribution is 6.31. The van der Waals surface area contributed by atoms with Crippen molar-refractivity contribution in [2.75, 3.05) is 0 Å². The number of aromatic nitrogens is 1. The lowest BCUT2D eigenvalue weighted by atomic mass is 9.96. The molecule has 0 saturated heterocycles. The van der Waals surface area contributed by atoms with Crippen LogP contribution in [0.3, 0.4) is 0 Å². The highest BCUT2D eigenvalue weighted by Crippen LogP contribution is 2.53. The molecule has 2 aromatic carbocycles. The fraction of sp³-hybridized carbons (Fsp3) is 0.292. The van der Waals surface area contributed by atoms with Gasteiger partial charge in [-0.05, 0) is 61.1 Å². The summed E-state index contributed by atoms with van der Waals surface area (Å²) >= 11 is 6.18. The van der Waals surface area contributed by atoms with Crippen LogP contribution in [0, 0.1) is 5.82 Å². The van der Waals surface area contributed by atoms with Crippen LogP contribution in [0.5, 0.6) is 5.75 Å². The van der Waals surface area contributed by atoms with Gasteiger partial charge in [0.1, 0.15) is 11.6 Å². The van der Waals surface area contributed by atoms with Gasteiger partial charge in [-0.2, -0.15) is 0 Å².